The second-order valence-electron chi connectivity index (χ2n) is 5.87. The lowest BCUT2D eigenvalue weighted by molar-refractivity contribution is 0.0526. The van der Waals surface area contributed by atoms with Gasteiger partial charge in [-0.25, -0.2) is 4.79 Å². The summed E-state index contributed by atoms with van der Waals surface area (Å²) < 4.78 is 4.98. The van der Waals surface area contributed by atoms with Gasteiger partial charge >= 0.3 is 5.97 Å². The van der Waals surface area contributed by atoms with E-state index in [0.717, 1.165) is 24.8 Å². The van der Waals surface area contributed by atoms with E-state index in [4.69, 9.17) is 4.74 Å². The molecule has 132 valence electrons. The van der Waals surface area contributed by atoms with Gasteiger partial charge in [-0.15, -0.1) is 0 Å². The van der Waals surface area contributed by atoms with Crippen molar-refractivity contribution in [3.05, 3.63) is 71.6 Å². The quantitative estimate of drug-likeness (QED) is 0.704. The molecule has 0 amide bonds. The Bertz CT molecular complexity index is 665. The molecule has 1 heterocycles. The Labute approximate surface area is 149 Å². The number of ether oxygens (including phenoxy) is 1. The average Bonchev–Trinajstić information content (AvgIpc) is 2.65. The van der Waals surface area contributed by atoms with E-state index in [1.165, 1.54) is 5.56 Å². The number of esters is 1. The molecule has 0 aliphatic rings. The van der Waals surface area contributed by atoms with Crippen LogP contribution in [0.5, 0.6) is 0 Å². The lowest BCUT2D eigenvalue weighted by atomic mass is 9.96. The van der Waals surface area contributed by atoms with Crippen LogP contribution in [0, 0.1) is 5.92 Å². The van der Waals surface area contributed by atoms with E-state index in [-0.39, 0.29) is 12.6 Å². The van der Waals surface area contributed by atoms with Crippen LogP contribution in [0.3, 0.4) is 0 Å². The Morgan fingerprint density at radius 1 is 1.16 bits per heavy atom. The summed E-state index contributed by atoms with van der Waals surface area (Å²) in [7, 11) is 0. The number of allylic oxidation sites excluding steroid dienone is 1. The van der Waals surface area contributed by atoms with Gasteiger partial charge in [0.05, 0.1) is 12.2 Å². The number of carbonyl (C=O) groups is 1. The molecule has 2 rings (SSSR count). The summed E-state index contributed by atoms with van der Waals surface area (Å²) in [5.41, 5.74) is 2.84. The molecule has 0 radical (unpaired) electrons. The summed E-state index contributed by atoms with van der Waals surface area (Å²) in [5.74, 6) is 0.0106. The molecule has 0 fully saturated rings. The molecule has 0 aliphatic heterocycles. The van der Waals surface area contributed by atoms with Gasteiger partial charge < -0.3 is 9.84 Å². The number of carbonyl (C=O) groups excluding carboxylic acids is 1. The highest BCUT2D eigenvalue weighted by Crippen LogP contribution is 2.17. The predicted octanol–water partition coefficient (Wildman–Crippen LogP) is 3.90. The van der Waals surface area contributed by atoms with Crippen molar-refractivity contribution in [1.29, 1.82) is 0 Å². The molecule has 1 aromatic carbocycles. The van der Waals surface area contributed by atoms with Crippen LogP contribution in [0.2, 0.25) is 0 Å². The molecule has 0 saturated heterocycles. The molecule has 1 aromatic heterocycles. The number of nitrogens with zero attached hydrogens (tertiary/aromatic N) is 1. The smallest absolute Gasteiger partial charge is 0.338 e. The first-order chi connectivity index (χ1) is 12.2. The number of rotatable bonds is 9. The molecular formula is C21H25NO3. The van der Waals surface area contributed by atoms with E-state index < -0.39 is 0 Å². The molecule has 4 heteroatoms. The summed E-state index contributed by atoms with van der Waals surface area (Å²) in [6, 6.07) is 11.4. The van der Waals surface area contributed by atoms with Crippen molar-refractivity contribution in [2.45, 2.75) is 26.2 Å². The number of aliphatic hydroxyl groups excluding tert-OH is 1. The largest absolute Gasteiger partial charge is 0.462 e. The number of aromatic nitrogens is 1. The summed E-state index contributed by atoms with van der Waals surface area (Å²) in [6.45, 7) is 2.34. The molecule has 1 unspecified atom stereocenters. The van der Waals surface area contributed by atoms with Gasteiger partial charge in [-0.2, -0.15) is 0 Å². The number of benzene rings is 1. The third kappa shape index (κ3) is 6.51. The fourth-order valence-electron chi connectivity index (χ4n) is 2.60. The second-order valence-corrected chi connectivity index (χ2v) is 5.87. The van der Waals surface area contributed by atoms with Crippen molar-refractivity contribution in [3.8, 4) is 0 Å². The highest BCUT2D eigenvalue weighted by molar-refractivity contribution is 5.89. The van der Waals surface area contributed by atoms with Crippen LogP contribution >= 0.6 is 0 Å². The molecule has 2 aromatic rings. The molecule has 25 heavy (non-hydrogen) atoms. The van der Waals surface area contributed by atoms with E-state index in [1.54, 1.807) is 31.5 Å². The average molecular weight is 339 g/mol. The molecule has 0 aliphatic carbocycles. The van der Waals surface area contributed by atoms with Crippen LogP contribution in [0.1, 0.15) is 41.3 Å². The van der Waals surface area contributed by atoms with Gasteiger partial charge in [-0.1, -0.05) is 24.3 Å². The second kappa shape index (κ2) is 10.4. The highest BCUT2D eigenvalue weighted by Gasteiger charge is 2.07. The lowest BCUT2D eigenvalue weighted by Crippen LogP contribution is -2.04. The first-order valence-electron chi connectivity index (χ1n) is 8.68. The Kier molecular flexibility index (Phi) is 7.86. The monoisotopic (exact) mass is 339 g/mol. The summed E-state index contributed by atoms with van der Waals surface area (Å²) in [6.07, 6.45) is 10.5. The van der Waals surface area contributed by atoms with Crippen LogP contribution in [0.4, 0.5) is 0 Å². The van der Waals surface area contributed by atoms with Gasteiger partial charge in [0.25, 0.3) is 0 Å². The fraction of sp³-hybridized carbons (Fsp3) is 0.333. The van der Waals surface area contributed by atoms with Crippen molar-refractivity contribution < 1.29 is 14.6 Å². The minimum Gasteiger partial charge on any atom is -0.462 e. The van der Waals surface area contributed by atoms with E-state index in [2.05, 4.69) is 11.1 Å². The van der Waals surface area contributed by atoms with Crippen molar-refractivity contribution in [3.63, 3.8) is 0 Å². The van der Waals surface area contributed by atoms with E-state index in [9.17, 15) is 9.90 Å². The van der Waals surface area contributed by atoms with Gasteiger partial charge in [-0.05, 0) is 67.5 Å². The molecule has 0 saturated carbocycles. The van der Waals surface area contributed by atoms with Crippen molar-refractivity contribution in [1.82, 2.24) is 4.98 Å². The van der Waals surface area contributed by atoms with Gasteiger partial charge in [0.2, 0.25) is 0 Å². The Balaban J connectivity index is 1.94. The predicted molar refractivity (Wildman–Crippen MR) is 99.2 cm³/mol. The summed E-state index contributed by atoms with van der Waals surface area (Å²) in [4.78, 5) is 15.7. The summed E-state index contributed by atoms with van der Waals surface area (Å²) in [5, 5.41) is 9.28. The first kappa shape index (κ1) is 18.9. The van der Waals surface area contributed by atoms with Crippen LogP contribution in [0.15, 0.2) is 54.9 Å². The van der Waals surface area contributed by atoms with E-state index in [1.807, 2.05) is 30.3 Å². The van der Waals surface area contributed by atoms with Crippen LogP contribution < -0.4 is 0 Å². The van der Waals surface area contributed by atoms with Crippen LogP contribution in [0.25, 0.3) is 6.08 Å². The zero-order valence-corrected chi connectivity index (χ0v) is 14.6. The molecule has 0 bridgehead atoms. The minimum atomic E-state index is -0.298. The van der Waals surface area contributed by atoms with Gasteiger partial charge in [-0.3, -0.25) is 4.98 Å². The van der Waals surface area contributed by atoms with Crippen molar-refractivity contribution >= 4 is 12.0 Å². The normalized spacial score (nSPS) is 12.2. The topological polar surface area (TPSA) is 59.4 Å². The summed E-state index contributed by atoms with van der Waals surface area (Å²) >= 11 is 0. The third-order valence-corrected chi connectivity index (χ3v) is 4.04. The van der Waals surface area contributed by atoms with E-state index in [0.29, 0.717) is 18.1 Å². The number of pyridine rings is 1. The SMILES string of the molecule is CCOC(=O)c1ccc(C=CC(CCO)CCc2ccncc2)cc1. The van der Waals surface area contributed by atoms with E-state index >= 15 is 0 Å². The fourth-order valence-corrected chi connectivity index (χ4v) is 2.60. The third-order valence-electron chi connectivity index (χ3n) is 4.04. The molecule has 0 spiro atoms. The Morgan fingerprint density at radius 2 is 1.88 bits per heavy atom. The maximum absolute atomic E-state index is 11.7. The molecule has 1 N–H and O–H groups in total. The molecule has 1 atom stereocenters. The van der Waals surface area contributed by atoms with Gasteiger partial charge in [0, 0.05) is 19.0 Å². The highest BCUT2D eigenvalue weighted by atomic mass is 16.5. The van der Waals surface area contributed by atoms with Crippen molar-refractivity contribution in [2.75, 3.05) is 13.2 Å². The van der Waals surface area contributed by atoms with Crippen molar-refractivity contribution in [2.24, 2.45) is 5.92 Å². The van der Waals surface area contributed by atoms with Gasteiger partial charge in [0.1, 0.15) is 0 Å². The number of aryl methyl sites for hydroxylation is 1. The molecule has 4 nitrogen and oxygen atoms in total. The van der Waals surface area contributed by atoms with Crippen LogP contribution in [-0.4, -0.2) is 29.3 Å². The maximum atomic E-state index is 11.7. The Hall–Kier alpha value is -2.46. The molecular weight excluding hydrogens is 314 g/mol. The Morgan fingerprint density at radius 3 is 2.52 bits per heavy atom. The zero-order chi connectivity index (χ0) is 17.9. The number of hydrogen-bond acceptors (Lipinski definition) is 4. The van der Waals surface area contributed by atoms with Gasteiger partial charge in [0.15, 0.2) is 0 Å². The first-order valence-corrected chi connectivity index (χ1v) is 8.68. The number of hydrogen-bond donors (Lipinski definition) is 1. The minimum absolute atomic E-state index is 0.174. The number of aliphatic hydroxyl groups is 1. The lowest BCUT2D eigenvalue weighted by Gasteiger charge is -2.11. The van der Waals surface area contributed by atoms with Crippen LogP contribution in [-0.2, 0) is 11.2 Å². The zero-order valence-electron chi connectivity index (χ0n) is 14.6. The standard InChI is InChI=1S/C21H25NO3/c1-2-25-21(24)20-9-7-17(8-10-20)3-4-18(13-16-23)5-6-19-11-14-22-15-12-19/h3-4,7-12,14-15,18,23H,2,5-6,13,16H2,1H3. The maximum Gasteiger partial charge on any atom is 0.338 e.